The van der Waals surface area contributed by atoms with E-state index < -0.39 is 18.5 Å². The van der Waals surface area contributed by atoms with Crippen molar-refractivity contribution >= 4 is 24.8 Å². The molecule has 1 aromatic rings. The molecule has 0 spiro atoms. The highest BCUT2D eigenvalue weighted by Crippen LogP contribution is 2.29. The summed E-state index contributed by atoms with van der Waals surface area (Å²) in [6.45, 7) is 2.34. The van der Waals surface area contributed by atoms with Gasteiger partial charge in [0, 0.05) is 31.7 Å². The number of nitrogens with one attached hydrogen (secondary N) is 1. The van der Waals surface area contributed by atoms with Crippen LogP contribution in [-0.4, -0.2) is 42.9 Å². The normalized spacial score (nSPS) is 17.2. The highest BCUT2D eigenvalue weighted by Gasteiger charge is 2.24. The number of rotatable bonds is 3. The Morgan fingerprint density at radius 1 is 1.26 bits per heavy atom. The first-order valence-corrected chi connectivity index (χ1v) is 5.71. The van der Waals surface area contributed by atoms with Gasteiger partial charge in [0.1, 0.15) is 18.2 Å². The van der Waals surface area contributed by atoms with Crippen LogP contribution >= 0.6 is 24.8 Å². The molecule has 1 atom stereocenters. The van der Waals surface area contributed by atoms with Crippen molar-refractivity contribution in [3.63, 3.8) is 0 Å². The standard InChI is InChI=1S/C12H16F2N2O.2ClH/c13-8-11(16-5-3-15-4-6-16)10-7-9(14)1-2-12(10)17;;/h1-2,7,11,15,17H,3-6,8H2;2*1H/t11-;;/m1../s1. The lowest BCUT2D eigenvalue weighted by Crippen LogP contribution is -2.45. The highest BCUT2D eigenvalue weighted by molar-refractivity contribution is 5.85. The fourth-order valence-electron chi connectivity index (χ4n) is 2.16. The van der Waals surface area contributed by atoms with E-state index in [1.807, 2.05) is 4.90 Å². The van der Waals surface area contributed by atoms with Crippen LogP contribution in [0.1, 0.15) is 11.6 Å². The zero-order valence-corrected chi connectivity index (χ0v) is 11.9. The summed E-state index contributed by atoms with van der Waals surface area (Å²) in [5.74, 6) is -0.501. The van der Waals surface area contributed by atoms with Crippen LogP contribution in [0.3, 0.4) is 0 Å². The molecule has 2 rings (SSSR count). The van der Waals surface area contributed by atoms with Gasteiger partial charge in [-0.05, 0) is 18.2 Å². The second-order valence-corrected chi connectivity index (χ2v) is 4.16. The maximum Gasteiger partial charge on any atom is 0.123 e. The van der Waals surface area contributed by atoms with Gasteiger partial charge in [-0.1, -0.05) is 0 Å². The Balaban J connectivity index is 0.00000162. The zero-order chi connectivity index (χ0) is 12.3. The van der Waals surface area contributed by atoms with Crippen LogP contribution in [0, 0.1) is 5.82 Å². The summed E-state index contributed by atoms with van der Waals surface area (Å²) in [5.41, 5.74) is 0.328. The average Bonchev–Trinajstić information content (AvgIpc) is 2.36. The molecule has 19 heavy (non-hydrogen) atoms. The Bertz CT molecular complexity index is 390. The lowest BCUT2D eigenvalue weighted by Gasteiger charge is -2.33. The minimum Gasteiger partial charge on any atom is -0.508 e. The van der Waals surface area contributed by atoms with Gasteiger partial charge in [-0.15, -0.1) is 24.8 Å². The molecule has 0 bridgehead atoms. The molecule has 3 nitrogen and oxygen atoms in total. The van der Waals surface area contributed by atoms with Gasteiger partial charge in [0.05, 0.1) is 6.04 Å². The SMILES string of the molecule is Cl.Cl.Oc1ccc(F)cc1[C@@H](CF)N1CCNCC1. The van der Waals surface area contributed by atoms with Crippen LogP contribution in [0.15, 0.2) is 18.2 Å². The first-order valence-electron chi connectivity index (χ1n) is 5.71. The summed E-state index contributed by atoms with van der Waals surface area (Å²) < 4.78 is 26.3. The number of halogens is 4. The minimum absolute atomic E-state index is 0. The van der Waals surface area contributed by atoms with Gasteiger partial charge in [0.25, 0.3) is 0 Å². The fourth-order valence-corrected chi connectivity index (χ4v) is 2.16. The van der Waals surface area contributed by atoms with E-state index in [0.717, 1.165) is 13.1 Å². The van der Waals surface area contributed by atoms with Crippen LogP contribution < -0.4 is 5.32 Å². The van der Waals surface area contributed by atoms with E-state index in [-0.39, 0.29) is 30.6 Å². The van der Waals surface area contributed by atoms with Crippen molar-refractivity contribution < 1.29 is 13.9 Å². The minimum atomic E-state index is -0.628. The lowest BCUT2D eigenvalue weighted by molar-refractivity contribution is 0.145. The average molecular weight is 315 g/mol. The van der Waals surface area contributed by atoms with Crippen molar-refractivity contribution in [3.8, 4) is 5.75 Å². The van der Waals surface area contributed by atoms with E-state index in [2.05, 4.69) is 5.32 Å². The molecule has 1 saturated heterocycles. The van der Waals surface area contributed by atoms with Crippen molar-refractivity contribution in [1.82, 2.24) is 10.2 Å². The van der Waals surface area contributed by atoms with Crippen molar-refractivity contribution in [1.29, 1.82) is 0 Å². The quantitative estimate of drug-likeness (QED) is 0.898. The molecule has 1 fully saturated rings. The number of phenols is 1. The van der Waals surface area contributed by atoms with Crippen molar-refractivity contribution in [2.75, 3.05) is 32.9 Å². The predicted molar refractivity (Wildman–Crippen MR) is 75.7 cm³/mol. The second kappa shape index (κ2) is 8.53. The molecule has 1 heterocycles. The van der Waals surface area contributed by atoms with E-state index in [4.69, 9.17) is 0 Å². The first-order chi connectivity index (χ1) is 8.22. The number of alkyl halides is 1. The van der Waals surface area contributed by atoms with E-state index in [1.54, 1.807) is 0 Å². The molecule has 0 aromatic heterocycles. The highest BCUT2D eigenvalue weighted by atomic mass is 35.5. The van der Waals surface area contributed by atoms with E-state index in [0.29, 0.717) is 18.7 Å². The number of nitrogens with zero attached hydrogens (tertiary/aromatic N) is 1. The largest absolute Gasteiger partial charge is 0.508 e. The Labute approximate surface area is 123 Å². The molecule has 0 radical (unpaired) electrons. The number of piperazine rings is 1. The van der Waals surface area contributed by atoms with E-state index in [9.17, 15) is 13.9 Å². The van der Waals surface area contributed by atoms with Crippen LogP contribution in [0.4, 0.5) is 8.78 Å². The summed E-state index contributed by atoms with van der Waals surface area (Å²) in [4.78, 5) is 1.92. The van der Waals surface area contributed by atoms with Gasteiger partial charge < -0.3 is 10.4 Å². The van der Waals surface area contributed by atoms with Gasteiger partial charge in [-0.3, -0.25) is 4.90 Å². The molecule has 0 saturated carbocycles. The van der Waals surface area contributed by atoms with Crippen LogP contribution in [0.5, 0.6) is 5.75 Å². The molecule has 2 N–H and O–H groups in total. The molecule has 0 aliphatic carbocycles. The molecule has 7 heteroatoms. The Morgan fingerprint density at radius 2 is 1.89 bits per heavy atom. The molecular formula is C12H18Cl2F2N2O. The van der Waals surface area contributed by atoms with Gasteiger partial charge in [0.2, 0.25) is 0 Å². The summed E-state index contributed by atoms with van der Waals surface area (Å²) in [6.07, 6.45) is 0. The smallest absolute Gasteiger partial charge is 0.123 e. The summed E-state index contributed by atoms with van der Waals surface area (Å²) >= 11 is 0. The Morgan fingerprint density at radius 3 is 2.47 bits per heavy atom. The van der Waals surface area contributed by atoms with Crippen LogP contribution in [0.2, 0.25) is 0 Å². The third-order valence-corrected chi connectivity index (χ3v) is 3.09. The summed E-state index contributed by atoms with van der Waals surface area (Å²) in [7, 11) is 0. The van der Waals surface area contributed by atoms with E-state index >= 15 is 0 Å². The van der Waals surface area contributed by atoms with Crippen molar-refractivity contribution in [3.05, 3.63) is 29.6 Å². The third kappa shape index (κ3) is 4.45. The van der Waals surface area contributed by atoms with Crippen molar-refractivity contribution in [2.24, 2.45) is 0 Å². The first kappa shape index (κ1) is 18.4. The van der Waals surface area contributed by atoms with Gasteiger partial charge in [0.15, 0.2) is 0 Å². The monoisotopic (exact) mass is 314 g/mol. The number of hydrogen-bond acceptors (Lipinski definition) is 3. The zero-order valence-electron chi connectivity index (χ0n) is 10.3. The Hall–Kier alpha value is -0.620. The maximum absolute atomic E-state index is 13.1. The summed E-state index contributed by atoms with van der Waals surface area (Å²) in [6, 6.07) is 3.09. The van der Waals surface area contributed by atoms with Crippen LogP contribution in [-0.2, 0) is 0 Å². The van der Waals surface area contributed by atoms with E-state index in [1.165, 1.54) is 18.2 Å². The molecular weight excluding hydrogens is 297 g/mol. The number of hydrogen-bond donors (Lipinski definition) is 2. The molecule has 1 aliphatic rings. The van der Waals surface area contributed by atoms with Gasteiger partial charge >= 0.3 is 0 Å². The van der Waals surface area contributed by atoms with Crippen molar-refractivity contribution in [2.45, 2.75) is 6.04 Å². The number of phenolic OH excluding ortho intramolecular Hbond substituents is 1. The lowest BCUT2D eigenvalue weighted by atomic mass is 10.0. The molecule has 110 valence electrons. The number of benzene rings is 1. The molecule has 0 amide bonds. The van der Waals surface area contributed by atoms with Gasteiger partial charge in [-0.25, -0.2) is 8.78 Å². The molecule has 1 aliphatic heterocycles. The number of aromatic hydroxyl groups is 1. The fraction of sp³-hybridized carbons (Fsp3) is 0.500. The van der Waals surface area contributed by atoms with Gasteiger partial charge in [-0.2, -0.15) is 0 Å². The van der Waals surface area contributed by atoms with Crippen LogP contribution in [0.25, 0.3) is 0 Å². The predicted octanol–water partition coefficient (Wildman–Crippen LogP) is 2.29. The topological polar surface area (TPSA) is 35.5 Å². The maximum atomic E-state index is 13.1. The molecule has 1 aromatic carbocycles. The summed E-state index contributed by atoms with van der Waals surface area (Å²) in [5, 5.41) is 12.9. The second-order valence-electron chi connectivity index (χ2n) is 4.16. The molecule has 0 unspecified atom stereocenters. The Kier molecular flexibility index (Phi) is 8.25. The third-order valence-electron chi connectivity index (χ3n) is 3.09.